The molecule has 0 aromatic heterocycles. The van der Waals surface area contributed by atoms with Crippen LogP contribution in [0.25, 0.3) is 0 Å². The van der Waals surface area contributed by atoms with Crippen LogP contribution < -0.4 is 0 Å². The molecule has 36 heavy (non-hydrogen) atoms. The van der Waals surface area contributed by atoms with Crippen LogP contribution in [-0.2, 0) is 27.1 Å². The average Bonchev–Trinajstić information content (AvgIpc) is 3.27. The summed E-state index contributed by atoms with van der Waals surface area (Å²) in [6, 6.07) is 10.2. The Labute approximate surface area is 213 Å². The van der Waals surface area contributed by atoms with Crippen LogP contribution in [0.5, 0.6) is 0 Å². The van der Waals surface area contributed by atoms with Crippen molar-refractivity contribution in [3.63, 3.8) is 0 Å². The number of nitrogens with zero attached hydrogens (tertiary/aromatic N) is 1. The number of aliphatic hydroxyl groups is 1. The highest BCUT2D eigenvalue weighted by Gasteiger charge is 2.27. The van der Waals surface area contributed by atoms with Gasteiger partial charge in [-0.15, -0.1) is 0 Å². The first-order chi connectivity index (χ1) is 17.3. The van der Waals surface area contributed by atoms with Crippen molar-refractivity contribution in [1.82, 2.24) is 4.90 Å². The Balaban J connectivity index is 1.57. The van der Waals surface area contributed by atoms with Crippen LogP contribution in [0, 0.1) is 18.6 Å². The minimum Gasteiger partial charge on any atom is -0.466 e. The molecule has 2 aromatic carbocycles. The predicted octanol–water partition coefficient (Wildman–Crippen LogP) is 5.30. The number of halogens is 2. The standard InChI is InChI=1S/C29H39F2NO4/c1-4-28(26-17-23(30)12-10-22(26)11-13-29(34)35-5-2)36-19-25(33)18-32-14-6-7-24(32)15-21-9-8-20(3)27(31)16-21/h8-10,12,16-17,24-25,28,33H,4-7,11,13-15,18-19H2,1-3H3/t24-,25+,28+/m0/s1. The van der Waals surface area contributed by atoms with Gasteiger partial charge in [-0.1, -0.05) is 25.1 Å². The lowest BCUT2D eigenvalue weighted by Crippen LogP contribution is -2.39. The summed E-state index contributed by atoms with van der Waals surface area (Å²) < 4.78 is 39.1. The van der Waals surface area contributed by atoms with Crippen LogP contribution in [0.3, 0.4) is 0 Å². The summed E-state index contributed by atoms with van der Waals surface area (Å²) >= 11 is 0. The maximum atomic E-state index is 14.1. The maximum Gasteiger partial charge on any atom is 0.306 e. The van der Waals surface area contributed by atoms with Gasteiger partial charge in [-0.05, 0) is 92.9 Å². The molecule has 1 aliphatic rings. The van der Waals surface area contributed by atoms with E-state index in [1.165, 1.54) is 12.1 Å². The van der Waals surface area contributed by atoms with E-state index in [2.05, 4.69) is 4.90 Å². The number of likely N-dealkylation sites (tertiary alicyclic amines) is 1. The molecule has 0 amide bonds. The van der Waals surface area contributed by atoms with Crippen LogP contribution in [-0.4, -0.2) is 54.4 Å². The summed E-state index contributed by atoms with van der Waals surface area (Å²) in [5.74, 6) is -0.833. The van der Waals surface area contributed by atoms with Crippen molar-refractivity contribution in [1.29, 1.82) is 0 Å². The minimum absolute atomic E-state index is 0.120. The molecule has 0 saturated carbocycles. The largest absolute Gasteiger partial charge is 0.466 e. The summed E-state index contributed by atoms with van der Waals surface area (Å²) in [4.78, 5) is 14.1. The number of ether oxygens (including phenoxy) is 2. The number of aliphatic hydroxyl groups excluding tert-OH is 1. The highest BCUT2D eigenvalue weighted by Crippen LogP contribution is 2.28. The monoisotopic (exact) mass is 503 g/mol. The third-order valence-electron chi connectivity index (χ3n) is 6.87. The fourth-order valence-corrected chi connectivity index (χ4v) is 4.94. The fraction of sp³-hybridized carbons (Fsp3) is 0.552. The number of hydrogen-bond donors (Lipinski definition) is 1. The van der Waals surface area contributed by atoms with Crippen molar-refractivity contribution in [3.05, 3.63) is 70.3 Å². The van der Waals surface area contributed by atoms with E-state index in [9.17, 15) is 18.7 Å². The maximum absolute atomic E-state index is 14.1. The normalized spacial score (nSPS) is 17.8. The zero-order valence-electron chi connectivity index (χ0n) is 21.6. The van der Waals surface area contributed by atoms with Crippen molar-refractivity contribution >= 4 is 5.97 Å². The Bertz CT molecular complexity index is 999. The quantitative estimate of drug-likeness (QED) is 0.376. The Kier molecular flexibility index (Phi) is 10.8. The lowest BCUT2D eigenvalue weighted by atomic mass is 9.97. The van der Waals surface area contributed by atoms with Crippen LogP contribution >= 0.6 is 0 Å². The van der Waals surface area contributed by atoms with Gasteiger partial charge in [0.05, 0.1) is 25.4 Å². The molecule has 1 fully saturated rings. The van der Waals surface area contributed by atoms with E-state index in [1.54, 1.807) is 26.0 Å². The van der Waals surface area contributed by atoms with Crippen molar-refractivity contribution in [3.8, 4) is 0 Å². The Morgan fingerprint density at radius 3 is 2.72 bits per heavy atom. The number of carbonyl (C=O) groups is 1. The lowest BCUT2D eigenvalue weighted by molar-refractivity contribution is -0.143. The van der Waals surface area contributed by atoms with E-state index >= 15 is 0 Å². The van der Waals surface area contributed by atoms with E-state index in [4.69, 9.17) is 9.47 Å². The fourth-order valence-electron chi connectivity index (χ4n) is 4.94. The third-order valence-corrected chi connectivity index (χ3v) is 6.87. The number of aryl methyl sites for hydroxylation is 2. The molecule has 0 bridgehead atoms. The summed E-state index contributed by atoms with van der Waals surface area (Å²) in [5, 5.41) is 10.8. The van der Waals surface area contributed by atoms with Crippen LogP contribution in [0.2, 0.25) is 0 Å². The molecule has 2 aromatic rings. The Morgan fingerprint density at radius 2 is 2.00 bits per heavy atom. The second-order valence-electron chi connectivity index (χ2n) is 9.61. The van der Waals surface area contributed by atoms with E-state index < -0.39 is 12.2 Å². The molecule has 1 saturated heterocycles. The molecule has 0 aliphatic carbocycles. The van der Waals surface area contributed by atoms with Gasteiger partial charge >= 0.3 is 5.97 Å². The number of carbonyl (C=O) groups excluding carboxylic acids is 1. The van der Waals surface area contributed by atoms with Crippen molar-refractivity contribution in [2.75, 3.05) is 26.3 Å². The van der Waals surface area contributed by atoms with E-state index in [0.717, 1.165) is 36.9 Å². The van der Waals surface area contributed by atoms with Crippen molar-refractivity contribution in [2.45, 2.75) is 77.5 Å². The number of hydrogen-bond acceptors (Lipinski definition) is 5. The molecule has 1 N–H and O–H groups in total. The molecule has 1 aliphatic heterocycles. The molecule has 0 spiro atoms. The molecule has 1 heterocycles. The molecule has 3 atom stereocenters. The summed E-state index contributed by atoms with van der Waals surface area (Å²) in [6.07, 6.45) is 2.95. The van der Waals surface area contributed by atoms with Gasteiger partial charge in [-0.3, -0.25) is 9.69 Å². The van der Waals surface area contributed by atoms with E-state index in [1.807, 2.05) is 19.1 Å². The molecule has 5 nitrogen and oxygen atoms in total. The Hall–Kier alpha value is -2.35. The van der Waals surface area contributed by atoms with Gasteiger partial charge in [-0.2, -0.15) is 0 Å². The predicted molar refractivity (Wildman–Crippen MR) is 136 cm³/mol. The van der Waals surface area contributed by atoms with Gasteiger partial charge in [0, 0.05) is 19.0 Å². The van der Waals surface area contributed by atoms with Crippen molar-refractivity contribution in [2.24, 2.45) is 0 Å². The molecule has 3 rings (SSSR count). The Morgan fingerprint density at radius 1 is 1.19 bits per heavy atom. The molecule has 0 unspecified atom stereocenters. The summed E-state index contributed by atoms with van der Waals surface area (Å²) in [7, 11) is 0. The molecular formula is C29H39F2NO4. The van der Waals surface area contributed by atoms with Gasteiger partial charge in [0.1, 0.15) is 11.6 Å². The van der Waals surface area contributed by atoms with Crippen LogP contribution in [0.15, 0.2) is 36.4 Å². The first-order valence-corrected chi connectivity index (χ1v) is 13.0. The highest BCUT2D eigenvalue weighted by molar-refractivity contribution is 5.69. The van der Waals surface area contributed by atoms with Crippen LogP contribution in [0.4, 0.5) is 8.78 Å². The van der Waals surface area contributed by atoms with E-state index in [0.29, 0.717) is 37.1 Å². The van der Waals surface area contributed by atoms with Gasteiger partial charge in [0.25, 0.3) is 0 Å². The number of rotatable bonds is 13. The summed E-state index contributed by atoms with van der Waals surface area (Å²) in [5.41, 5.74) is 3.15. The van der Waals surface area contributed by atoms with Crippen molar-refractivity contribution < 1.29 is 28.2 Å². The molecule has 7 heteroatoms. The average molecular weight is 504 g/mol. The number of benzene rings is 2. The smallest absolute Gasteiger partial charge is 0.306 e. The second kappa shape index (κ2) is 13.8. The molecule has 198 valence electrons. The number of β-amino-alcohol motifs (C(OH)–C–C–N with tert-alkyl or cyclic N) is 1. The first-order valence-electron chi connectivity index (χ1n) is 13.0. The SMILES string of the molecule is CCOC(=O)CCc1ccc(F)cc1[C@@H](CC)OC[C@H](O)CN1CCC[C@H]1Cc1ccc(C)c(F)c1. The summed E-state index contributed by atoms with van der Waals surface area (Å²) in [6.45, 7) is 7.27. The van der Waals surface area contributed by atoms with Gasteiger partial charge in [0.15, 0.2) is 0 Å². The van der Waals surface area contributed by atoms with Gasteiger partial charge in [-0.25, -0.2) is 8.78 Å². The molecule has 0 radical (unpaired) electrons. The van der Waals surface area contributed by atoms with Gasteiger partial charge < -0.3 is 14.6 Å². The third kappa shape index (κ3) is 8.08. The minimum atomic E-state index is -0.703. The number of esters is 1. The van der Waals surface area contributed by atoms with E-state index in [-0.39, 0.29) is 36.7 Å². The molecular weight excluding hydrogens is 464 g/mol. The topological polar surface area (TPSA) is 59.0 Å². The highest BCUT2D eigenvalue weighted by atomic mass is 19.1. The first kappa shape index (κ1) is 28.2. The zero-order chi connectivity index (χ0) is 26.1. The zero-order valence-corrected chi connectivity index (χ0v) is 21.6. The van der Waals surface area contributed by atoms with Crippen LogP contribution in [0.1, 0.15) is 67.9 Å². The second-order valence-corrected chi connectivity index (χ2v) is 9.61. The van der Waals surface area contributed by atoms with Gasteiger partial charge in [0.2, 0.25) is 0 Å². The lowest BCUT2D eigenvalue weighted by Gasteiger charge is -2.28.